The van der Waals surface area contributed by atoms with Gasteiger partial charge in [0.1, 0.15) is 0 Å². The number of hydrogen-bond acceptors (Lipinski definition) is 8. The molecule has 0 aromatic carbocycles. The molecule has 0 N–H and O–H groups in total. The van der Waals surface area contributed by atoms with Crippen molar-refractivity contribution in [3.05, 3.63) is 0 Å². The molecule has 12 atom stereocenters. The number of hydrogen-bond donors (Lipinski definition) is 0. The number of piperidine rings is 1. The second-order valence-corrected chi connectivity index (χ2v) is 33.8. The van der Waals surface area contributed by atoms with E-state index in [-0.39, 0.29) is 0 Å². The Morgan fingerprint density at radius 2 is 0.803 bits per heavy atom. The van der Waals surface area contributed by atoms with E-state index in [0.29, 0.717) is 27.1 Å². The van der Waals surface area contributed by atoms with Gasteiger partial charge in [-0.05, 0) is 239 Å². The van der Waals surface area contributed by atoms with Gasteiger partial charge in [-0.15, -0.1) is 0 Å². The van der Waals surface area contributed by atoms with Gasteiger partial charge in [-0.3, -0.25) is 34.3 Å². The monoisotopic (exact) mass is 1060 g/mol. The van der Waals surface area contributed by atoms with E-state index in [4.69, 9.17) is 0 Å². The van der Waals surface area contributed by atoms with Crippen LogP contribution >= 0.6 is 0 Å². The third-order valence-electron chi connectivity index (χ3n) is 22.7. The smallest absolute Gasteiger partial charge is 0.0241 e. The Bertz CT molecular complexity index is 1760. The van der Waals surface area contributed by atoms with Crippen LogP contribution in [0, 0.1) is 38.9 Å². The number of nitrogens with zero attached hydrogens (tertiary/aromatic N) is 8. The zero-order chi connectivity index (χ0) is 56.0. The molecule has 8 heteroatoms. The molecule has 9 aliphatic heterocycles. The van der Waals surface area contributed by atoms with Crippen molar-refractivity contribution >= 4 is 0 Å². The molecule has 12 unspecified atom stereocenters. The Hall–Kier alpha value is -0.320. The fourth-order valence-electron chi connectivity index (χ4n) is 19.5. The first-order chi connectivity index (χ1) is 35.2. The second-order valence-electron chi connectivity index (χ2n) is 33.8. The molecular weight excluding hydrogens is 929 g/mol. The first kappa shape index (κ1) is 63.3. The summed E-state index contributed by atoms with van der Waals surface area (Å²) in [7, 11) is 4.54. The summed E-state index contributed by atoms with van der Waals surface area (Å²) in [6, 6.07) is 11.5. The lowest BCUT2D eigenvalue weighted by Crippen LogP contribution is -2.53. The number of rotatable bonds is 6. The highest BCUT2D eigenvalue weighted by molar-refractivity contribution is 5.04. The van der Waals surface area contributed by atoms with Crippen LogP contribution in [0.15, 0.2) is 0 Å². The average molecular weight is 1060 g/mol. The van der Waals surface area contributed by atoms with Crippen LogP contribution in [0.4, 0.5) is 0 Å². The zero-order valence-corrected chi connectivity index (χ0v) is 55.0. The summed E-state index contributed by atoms with van der Waals surface area (Å²) in [6.45, 7) is 58.3. The van der Waals surface area contributed by atoms with Crippen LogP contribution in [0.3, 0.4) is 0 Å². The maximum Gasteiger partial charge on any atom is 0.0241 e. The summed E-state index contributed by atoms with van der Waals surface area (Å²) in [4.78, 5) is 21.3. The number of likely N-dealkylation sites (N-methyl/N-ethyl adjacent to an activating group) is 2. The molecular formula is C68H132N8. The first-order valence-electron chi connectivity index (χ1n) is 33.2. The quantitative estimate of drug-likeness (QED) is 0.260. The minimum Gasteiger partial charge on any atom is -0.301 e. The summed E-state index contributed by atoms with van der Waals surface area (Å²) < 4.78 is 0. The Kier molecular flexibility index (Phi) is 21.0. The van der Waals surface area contributed by atoms with Crippen LogP contribution in [0.25, 0.3) is 0 Å². The molecule has 0 spiro atoms. The molecule has 13 aliphatic rings. The molecule has 4 saturated carbocycles. The molecule has 4 aliphatic carbocycles. The topological polar surface area (TPSA) is 25.9 Å². The lowest BCUT2D eigenvalue weighted by molar-refractivity contribution is 0.0682. The Balaban J connectivity index is 0.000000133. The fraction of sp³-hybridized carbons (Fsp3) is 1.00. The van der Waals surface area contributed by atoms with Crippen LogP contribution < -0.4 is 0 Å². The van der Waals surface area contributed by atoms with E-state index < -0.39 is 0 Å². The van der Waals surface area contributed by atoms with Crippen LogP contribution in [-0.4, -0.2) is 190 Å². The van der Waals surface area contributed by atoms with Crippen molar-refractivity contribution in [2.45, 2.75) is 332 Å². The molecule has 444 valence electrons. The molecule has 9 heterocycles. The van der Waals surface area contributed by atoms with Crippen LogP contribution in [0.2, 0.25) is 0 Å². The summed E-state index contributed by atoms with van der Waals surface area (Å²) >= 11 is 0. The molecule has 12 bridgehead atoms. The predicted molar refractivity (Wildman–Crippen MR) is 330 cm³/mol. The van der Waals surface area contributed by atoms with Gasteiger partial charge in [-0.2, -0.15) is 0 Å². The van der Waals surface area contributed by atoms with Gasteiger partial charge in [0.05, 0.1) is 0 Å². The van der Waals surface area contributed by atoms with Crippen LogP contribution in [-0.2, 0) is 0 Å². The lowest BCUT2D eigenvalue weighted by atomic mass is 9.65. The SMILES string of the molecule is CC(C)N1CC2(C)CC1CC(C)(C)C2.CC(C)N1CC2(C)CCCC1C2.CC(C)N1CC2CC1CC(C)(C)C2.CC(C)N1CC2CC1CN2C.CC(C)N1CC2CCC(C1)N2C.CC(C)N1CC2CCC1CC(C)(C)C2. The van der Waals surface area contributed by atoms with Crippen molar-refractivity contribution in [1.82, 2.24) is 39.2 Å². The molecule has 76 heavy (non-hydrogen) atoms. The van der Waals surface area contributed by atoms with E-state index in [1.165, 1.54) is 162 Å². The number of likely N-dealkylation sites (tertiary alicyclic amines) is 6. The highest BCUT2D eigenvalue weighted by atomic mass is 15.3. The summed E-state index contributed by atoms with van der Waals surface area (Å²) in [6.07, 6.45) is 24.5. The molecule has 8 nitrogen and oxygen atoms in total. The van der Waals surface area contributed by atoms with Crippen molar-refractivity contribution in [2.75, 3.05) is 66.5 Å². The lowest BCUT2D eigenvalue weighted by Gasteiger charge is -2.40. The number of fused-ring (bicyclic) bond motifs is 14. The Morgan fingerprint density at radius 1 is 0.342 bits per heavy atom. The summed E-state index contributed by atoms with van der Waals surface area (Å²) in [5.41, 5.74) is 3.05. The van der Waals surface area contributed by atoms with Crippen LogP contribution in [0.5, 0.6) is 0 Å². The van der Waals surface area contributed by atoms with Gasteiger partial charge >= 0.3 is 0 Å². The van der Waals surface area contributed by atoms with Gasteiger partial charge in [-0.25, -0.2) is 0 Å². The normalized spacial score (nSPS) is 39.6. The van der Waals surface area contributed by atoms with Crippen LogP contribution in [0.1, 0.15) is 248 Å². The van der Waals surface area contributed by atoms with Gasteiger partial charge in [0, 0.05) is 137 Å². The van der Waals surface area contributed by atoms with E-state index in [9.17, 15) is 0 Å². The van der Waals surface area contributed by atoms with Gasteiger partial charge in [0.2, 0.25) is 0 Å². The second kappa shape index (κ2) is 25.3. The van der Waals surface area contributed by atoms with Gasteiger partial charge in [-0.1, -0.05) is 61.8 Å². The molecule has 0 aromatic heterocycles. The van der Waals surface area contributed by atoms with Gasteiger partial charge in [0.25, 0.3) is 0 Å². The van der Waals surface area contributed by atoms with Gasteiger partial charge in [0.15, 0.2) is 0 Å². The molecule has 13 rings (SSSR count). The van der Waals surface area contributed by atoms with E-state index in [1.807, 2.05) is 0 Å². The predicted octanol–water partition coefficient (Wildman–Crippen LogP) is 14.1. The highest BCUT2D eigenvalue weighted by Crippen LogP contribution is 2.53. The standard InChI is InChI=1S/2C13H25N.C12H23N.C11H21N.C10H20N2.C9H18N2/c1-10(2)14-9-13(5)7-11(14)6-12(3,4)8-13;1-10(2)14-9-11-5-6-12(14)8-13(3,4)7-11;1-9(2)13-8-10-5-11(13)7-12(3,4)6-10;1-9(2)12-8-11(3)6-4-5-10(12)7-11;1-8(2)12-6-9-4-5-10(7-12)11(9)3;1-7(2)11-6-8-4-9(11)5-10(8)3/h10-11H,6-9H2,1-5H3;10-12H,5-9H2,1-4H3;9-11H,5-8H2,1-4H3;9-10H,4-8H2,1-3H3;8-10H,4-7H2,1-3H3;7-9H,4-6H2,1-3H3. The van der Waals surface area contributed by atoms with Crippen molar-refractivity contribution < 1.29 is 0 Å². The molecule has 9 saturated heterocycles. The maximum atomic E-state index is 2.75. The number of piperazine rings is 2. The highest BCUT2D eigenvalue weighted by Gasteiger charge is 2.51. The van der Waals surface area contributed by atoms with E-state index in [0.717, 1.165) is 96.4 Å². The zero-order valence-electron chi connectivity index (χ0n) is 55.0. The first-order valence-corrected chi connectivity index (χ1v) is 33.2. The van der Waals surface area contributed by atoms with Crippen molar-refractivity contribution in [3.8, 4) is 0 Å². The largest absolute Gasteiger partial charge is 0.301 e. The molecule has 0 amide bonds. The van der Waals surface area contributed by atoms with E-state index in [1.54, 1.807) is 0 Å². The minimum absolute atomic E-state index is 0.571. The van der Waals surface area contributed by atoms with Gasteiger partial charge < -0.3 is 4.90 Å². The molecule has 13 fully saturated rings. The Morgan fingerprint density at radius 3 is 1.33 bits per heavy atom. The summed E-state index contributed by atoms with van der Waals surface area (Å²) in [5.74, 6) is 1.97. The van der Waals surface area contributed by atoms with Crippen molar-refractivity contribution in [1.29, 1.82) is 0 Å². The van der Waals surface area contributed by atoms with E-state index >= 15 is 0 Å². The third-order valence-corrected chi connectivity index (χ3v) is 22.7. The van der Waals surface area contributed by atoms with Crippen molar-refractivity contribution in [2.24, 2.45) is 38.9 Å². The van der Waals surface area contributed by atoms with E-state index in [2.05, 4.69) is 192 Å². The Labute approximate surface area is 474 Å². The minimum atomic E-state index is 0.571. The maximum absolute atomic E-state index is 2.75. The molecule has 0 radical (unpaired) electrons. The average Bonchev–Trinajstić information content (AvgIpc) is 4.07. The molecule has 0 aromatic rings. The third kappa shape index (κ3) is 16.1. The van der Waals surface area contributed by atoms with Crippen molar-refractivity contribution in [3.63, 3.8) is 0 Å². The summed E-state index contributed by atoms with van der Waals surface area (Å²) in [5, 5.41) is 0. The fourth-order valence-corrected chi connectivity index (χ4v) is 19.5.